The molecule has 2 aromatic heterocycles. The third kappa shape index (κ3) is 2.46. The zero-order chi connectivity index (χ0) is 17.8. The lowest BCUT2D eigenvalue weighted by Crippen LogP contribution is -2.45. The third-order valence-electron chi connectivity index (χ3n) is 4.32. The lowest BCUT2D eigenvalue weighted by molar-refractivity contribution is 0.220. The van der Waals surface area contributed by atoms with Gasteiger partial charge in [-0.1, -0.05) is 17.7 Å². The summed E-state index contributed by atoms with van der Waals surface area (Å²) in [6, 6.07) is 9.63. The van der Waals surface area contributed by atoms with Crippen LogP contribution in [0.15, 0.2) is 47.5 Å². The molecule has 4 rings (SSSR count). The molecule has 0 unspecified atom stereocenters. The van der Waals surface area contributed by atoms with Crippen LogP contribution in [0.4, 0.5) is 4.79 Å². The third-order valence-corrected chi connectivity index (χ3v) is 7.31. The van der Waals surface area contributed by atoms with Crippen LogP contribution in [-0.2, 0) is 16.4 Å². The Kier molecular flexibility index (Phi) is 3.84. The van der Waals surface area contributed by atoms with Gasteiger partial charge in [-0.25, -0.2) is 27.1 Å². The van der Waals surface area contributed by atoms with Crippen LogP contribution < -0.4 is 0 Å². The number of carbonyl (C=O) groups is 1. The van der Waals surface area contributed by atoms with Crippen molar-refractivity contribution < 1.29 is 13.2 Å². The van der Waals surface area contributed by atoms with Gasteiger partial charge in [0.05, 0.1) is 4.90 Å². The van der Waals surface area contributed by atoms with E-state index in [-0.39, 0.29) is 11.4 Å². The largest absolute Gasteiger partial charge is 0.344 e. The summed E-state index contributed by atoms with van der Waals surface area (Å²) >= 11 is 2.19. The Morgan fingerprint density at radius 1 is 1.16 bits per heavy atom. The number of carbonyl (C=O) groups excluding carboxylic acids is 1. The van der Waals surface area contributed by atoms with Gasteiger partial charge in [-0.05, 0) is 53.8 Å². The second-order valence-corrected chi connectivity index (χ2v) is 8.83. The Labute approximate surface area is 158 Å². The molecule has 1 aliphatic rings. The second kappa shape index (κ2) is 5.80. The van der Waals surface area contributed by atoms with Crippen LogP contribution in [0.3, 0.4) is 0 Å². The van der Waals surface area contributed by atoms with Crippen LogP contribution >= 0.6 is 22.6 Å². The van der Waals surface area contributed by atoms with Crippen LogP contribution in [0.25, 0.3) is 11.0 Å². The number of rotatable bonds is 2. The number of hydrogen-bond acceptors (Lipinski definition) is 4. The van der Waals surface area contributed by atoms with Gasteiger partial charge in [-0.3, -0.25) is 0 Å². The monoisotopic (exact) mass is 467 g/mol. The minimum absolute atomic E-state index is 0.119. The zero-order valence-corrected chi connectivity index (χ0v) is 16.3. The molecule has 6 nitrogen and oxygen atoms in total. The average Bonchev–Trinajstić information content (AvgIpc) is 2.89. The summed E-state index contributed by atoms with van der Waals surface area (Å²) in [5.41, 5.74) is 2.27. The lowest BCUT2D eigenvalue weighted by Gasteiger charge is -2.28. The van der Waals surface area contributed by atoms with E-state index < -0.39 is 16.1 Å². The molecule has 1 aromatic carbocycles. The molecule has 0 saturated heterocycles. The number of aromatic nitrogens is 2. The number of fused-ring (bicyclic) bond motifs is 3. The van der Waals surface area contributed by atoms with Crippen molar-refractivity contribution in [1.82, 2.24) is 13.9 Å². The standard InChI is InChI=1S/C17H14IN3O3S/c1-11-4-6-12(7-5-11)25(23,24)20-10-8-14-15(18)13-3-2-9-19-16(13)21(14)17(20)22/h2-7,9H,8,10H2,1H3. The van der Waals surface area contributed by atoms with Gasteiger partial charge in [0.15, 0.2) is 0 Å². The quantitative estimate of drug-likeness (QED) is 0.543. The van der Waals surface area contributed by atoms with E-state index >= 15 is 0 Å². The minimum Gasteiger partial charge on any atom is -0.248 e. The molecule has 128 valence electrons. The van der Waals surface area contributed by atoms with Crippen LogP contribution in [-0.4, -0.2) is 34.8 Å². The number of nitrogens with zero attached hydrogens (tertiary/aromatic N) is 3. The summed E-state index contributed by atoms with van der Waals surface area (Å²) in [7, 11) is -3.90. The molecule has 0 N–H and O–H groups in total. The van der Waals surface area contributed by atoms with Crippen molar-refractivity contribution in [2.24, 2.45) is 0 Å². The van der Waals surface area contributed by atoms with Crippen molar-refractivity contribution in [3.63, 3.8) is 0 Å². The van der Waals surface area contributed by atoms with E-state index in [0.29, 0.717) is 12.1 Å². The van der Waals surface area contributed by atoms with Gasteiger partial charge >= 0.3 is 6.03 Å². The van der Waals surface area contributed by atoms with Gasteiger partial charge < -0.3 is 0 Å². The summed E-state index contributed by atoms with van der Waals surface area (Å²) < 4.78 is 29.2. The molecule has 25 heavy (non-hydrogen) atoms. The average molecular weight is 467 g/mol. The predicted octanol–water partition coefficient (Wildman–Crippen LogP) is 3.16. The molecule has 0 aliphatic carbocycles. The van der Waals surface area contributed by atoms with Gasteiger partial charge in [0.2, 0.25) is 0 Å². The summed E-state index contributed by atoms with van der Waals surface area (Å²) in [5.74, 6) is 0. The Balaban J connectivity index is 1.85. The van der Waals surface area contributed by atoms with Gasteiger partial charge in [0.1, 0.15) is 5.65 Å². The SMILES string of the molecule is Cc1ccc(S(=O)(=O)N2CCc3c(I)c4cccnc4n3C2=O)cc1. The van der Waals surface area contributed by atoms with Gasteiger partial charge in [0, 0.05) is 33.8 Å². The van der Waals surface area contributed by atoms with E-state index in [1.54, 1.807) is 18.3 Å². The Morgan fingerprint density at radius 2 is 1.88 bits per heavy atom. The van der Waals surface area contributed by atoms with E-state index in [1.165, 1.54) is 16.7 Å². The Morgan fingerprint density at radius 3 is 2.60 bits per heavy atom. The van der Waals surface area contributed by atoms with Crippen molar-refractivity contribution in [3.05, 3.63) is 57.4 Å². The van der Waals surface area contributed by atoms with Crippen molar-refractivity contribution in [2.45, 2.75) is 18.2 Å². The van der Waals surface area contributed by atoms with Crippen molar-refractivity contribution in [3.8, 4) is 0 Å². The topological polar surface area (TPSA) is 72.3 Å². The van der Waals surface area contributed by atoms with Crippen LogP contribution in [0.1, 0.15) is 11.3 Å². The first-order valence-electron chi connectivity index (χ1n) is 7.69. The molecule has 0 atom stereocenters. The summed E-state index contributed by atoms with van der Waals surface area (Å²) in [6.07, 6.45) is 2.07. The van der Waals surface area contributed by atoms with Crippen LogP contribution in [0, 0.1) is 10.5 Å². The molecule has 0 spiro atoms. The maximum absolute atomic E-state index is 13.0. The molecule has 0 fully saturated rings. The molecule has 8 heteroatoms. The van der Waals surface area contributed by atoms with E-state index in [1.807, 2.05) is 19.1 Å². The van der Waals surface area contributed by atoms with Gasteiger partial charge in [-0.15, -0.1) is 0 Å². The fraction of sp³-hybridized carbons (Fsp3) is 0.176. The van der Waals surface area contributed by atoms with Crippen molar-refractivity contribution in [2.75, 3.05) is 6.54 Å². The number of hydrogen-bond donors (Lipinski definition) is 0. The first-order chi connectivity index (χ1) is 11.9. The minimum atomic E-state index is -3.90. The van der Waals surface area contributed by atoms with Gasteiger partial charge in [0.25, 0.3) is 10.0 Å². The molecule has 3 heterocycles. The molecular formula is C17H14IN3O3S. The number of halogens is 1. The van der Waals surface area contributed by atoms with Crippen LogP contribution in [0.5, 0.6) is 0 Å². The molecule has 3 aromatic rings. The van der Waals surface area contributed by atoms with E-state index in [9.17, 15) is 13.2 Å². The molecule has 0 radical (unpaired) electrons. The number of sulfonamides is 1. The van der Waals surface area contributed by atoms with E-state index in [0.717, 1.165) is 24.5 Å². The summed E-state index contributed by atoms with van der Waals surface area (Å²) in [6.45, 7) is 2.01. The number of benzene rings is 1. The first-order valence-corrected chi connectivity index (χ1v) is 10.2. The number of pyridine rings is 1. The van der Waals surface area contributed by atoms with E-state index in [4.69, 9.17) is 0 Å². The first kappa shape index (κ1) is 16.5. The molecular weight excluding hydrogens is 453 g/mol. The highest BCUT2D eigenvalue weighted by Gasteiger charge is 2.36. The Bertz CT molecular complexity index is 1100. The van der Waals surface area contributed by atoms with Crippen LogP contribution in [0.2, 0.25) is 0 Å². The van der Waals surface area contributed by atoms with Gasteiger partial charge in [-0.2, -0.15) is 0 Å². The molecule has 1 aliphatic heterocycles. The smallest absolute Gasteiger partial charge is 0.248 e. The molecule has 0 saturated carbocycles. The summed E-state index contributed by atoms with van der Waals surface area (Å²) in [4.78, 5) is 17.4. The molecule has 0 bridgehead atoms. The highest BCUT2D eigenvalue weighted by atomic mass is 127. The maximum atomic E-state index is 13.0. The molecule has 1 amide bonds. The fourth-order valence-corrected chi connectivity index (χ4v) is 5.32. The van der Waals surface area contributed by atoms with Crippen molar-refractivity contribution >= 4 is 49.7 Å². The van der Waals surface area contributed by atoms with Crippen molar-refractivity contribution in [1.29, 1.82) is 0 Å². The predicted molar refractivity (Wildman–Crippen MR) is 102 cm³/mol. The number of amides is 1. The second-order valence-electron chi connectivity index (χ2n) is 5.89. The zero-order valence-electron chi connectivity index (χ0n) is 13.3. The normalized spacial score (nSPS) is 14.8. The number of aryl methyl sites for hydroxylation is 1. The Hall–Kier alpha value is -1.94. The maximum Gasteiger partial charge on any atom is 0.344 e. The van der Waals surface area contributed by atoms with E-state index in [2.05, 4.69) is 27.6 Å². The highest BCUT2D eigenvalue weighted by Crippen LogP contribution is 2.31. The highest BCUT2D eigenvalue weighted by molar-refractivity contribution is 14.1. The summed E-state index contributed by atoms with van der Waals surface area (Å²) in [5, 5.41) is 0.862. The fourth-order valence-electron chi connectivity index (χ4n) is 3.03. The lowest BCUT2D eigenvalue weighted by atomic mass is 10.2.